The van der Waals surface area contributed by atoms with Crippen LogP contribution in [0.15, 0.2) is 0 Å². The Morgan fingerprint density at radius 3 is 2.79 bits per heavy atom. The van der Waals surface area contributed by atoms with Crippen LogP contribution in [0, 0.1) is 5.92 Å². The Bertz CT molecular complexity index is 320. The van der Waals surface area contributed by atoms with E-state index in [1.165, 1.54) is 7.11 Å². The molecule has 0 aromatic heterocycles. The van der Waals surface area contributed by atoms with Crippen molar-refractivity contribution in [3.63, 3.8) is 0 Å². The Morgan fingerprint density at radius 1 is 1.58 bits per heavy atom. The molecule has 0 aliphatic carbocycles. The fourth-order valence-electron chi connectivity index (χ4n) is 2.19. The minimum atomic E-state index is -0.567. The molecule has 110 valence electrons. The molecule has 6 nitrogen and oxygen atoms in total. The summed E-state index contributed by atoms with van der Waals surface area (Å²) in [7, 11) is 1.52. The van der Waals surface area contributed by atoms with E-state index in [9.17, 15) is 14.7 Å². The number of carbonyl (C=O) groups excluding carboxylic acids is 2. The van der Waals surface area contributed by atoms with Crippen LogP contribution in [0.4, 0.5) is 0 Å². The van der Waals surface area contributed by atoms with Gasteiger partial charge in [-0.15, -0.1) is 0 Å². The van der Waals surface area contributed by atoms with Gasteiger partial charge < -0.3 is 20.1 Å². The van der Waals surface area contributed by atoms with E-state index in [-0.39, 0.29) is 36.8 Å². The van der Waals surface area contributed by atoms with Crippen molar-refractivity contribution in [1.29, 1.82) is 0 Å². The lowest BCUT2D eigenvalue weighted by molar-refractivity contribution is -0.130. The minimum absolute atomic E-state index is 0.0366. The van der Waals surface area contributed by atoms with Crippen LogP contribution in [0.25, 0.3) is 0 Å². The Labute approximate surface area is 114 Å². The summed E-state index contributed by atoms with van der Waals surface area (Å²) in [5, 5.41) is 12.2. The van der Waals surface area contributed by atoms with Gasteiger partial charge in [0, 0.05) is 32.7 Å². The van der Waals surface area contributed by atoms with Crippen molar-refractivity contribution in [1.82, 2.24) is 10.2 Å². The first-order valence-corrected chi connectivity index (χ1v) is 6.69. The number of carbonyl (C=O) groups is 2. The number of hydrogen-bond acceptors (Lipinski definition) is 4. The van der Waals surface area contributed by atoms with Crippen LogP contribution >= 0.6 is 0 Å². The molecule has 0 radical (unpaired) electrons. The van der Waals surface area contributed by atoms with Gasteiger partial charge in [-0.2, -0.15) is 0 Å². The lowest BCUT2D eigenvalue weighted by atomic mass is 10.1. The SMILES string of the molecule is COCC(O)CCNC(=O)C1CC(=O)N(C(C)C)C1. The van der Waals surface area contributed by atoms with Gasteiger partial charge in [0.2, 0.25) is 11.8 Å². The fourth-order valence-corrected chi connectivity index (χ4v) is 2.19. The minimum Gasteiger partial charge on any atom is -0.391 e. The molecule has 2 N–H and O–H groups in total. The molecule has 0 aromatic carbocycles. The highest BCUT2D eigenvalue weighted by atomic mass is 16.5. The van der Waals surface area contributed by atoms with Crippen molar-refractivity contribution in [2.75, 3.05) is 26.8 Å². The summed E-state index contributed by atoms with van der Waals surface area (Å²) >= 11 is 0. The third-order valence-electron chi connectivity index (χ3n) is 3.29. The van der Waals surface area contributed by atoms with Gasteiger partial charge in [-0.25, -0.2) is 0 Å². The van der Waals surface area contributed by atoms with Crippen molar-refractivity contribution >= 4 is 11.8 Å². The highest BCUT2D eigenvalue weighted by molar-refractivity contribution is 5.89. The van der Waals surface area contributed by atoms with E-state index in [0.29, 0.717) is 19.5 Å². The summed E-state index contributed by atoms with van der Waals surface area (Å²) in [6.45, 7) is 5.04. The quantitative estimate of drug-likeness (QED) is 0.670. The fraction of sp³-hybridized carbons (Fsp3) is 0.846. The second-order valence-corrected chi connectivity index (χ2v) is 5.23. The normalized spacial score (nSPS) is 21.0. The van der Waals surface area contributed by atoms with Crippen molar-refractivity contribution in [3.05, 3.63) is 0 Å². The second-order valence-electron chi connectivity index (χ2n) is 5.23. The molecule has 0 bridgehead atoms. The van der Waals surface area contributed by atoms with Crippen LogP contribution in [-0.2, 0) is 14.3 Å². The first-order valence-electron chi connectivity index (χ1n) is 6.69. The molecule has 2 atom stereocenters. The third-order valence-corrected chi connectivity index (χ3v) is 3.29. The van der Waals surface area contributed by atoms with E-state index in [4.69, 9.17) is 4.74 Å². The first kappa shape index (κ1) is 15.9. The van der Waals surface area contributed by atoms with Gasteiger partial charge in [0.1, 0.15) is 0 Å². The largest absolute Gasteiger partial charge is 0.391 e. The molecular formula is C13H24N2O4. The predicted octanol–water partition coefficient (Wildman–Crippen LogP) is -0.243. The number of hydrogen-bond donors (Lipinski definition) is 2. The number of aliphatic hydroxyl groups excluding tert-OH is 1. The maximum atomic E-state index is 11.9. The number of methoxy groups -OCH3 is 1. The van der Waals surface area contributed by atoms with Crippen LogP contribution in [0.5, 0.6) is 0 Å². The van der Waals surface area contributed by atoms with Crippen molar-refractivity contribution < 1.29 is 19.4 Å². The summed E-state index contributed by atoms with van der Waals surface area (Å²) < 4.78 is 4.80. The van der Waals surface area contributed by atoms with Crippen LogP contribution < -0.4 is 5.32 Å². The van der Waals surface area contributed by atoms with Gasteiger partial charge in [0.25, 0.3) is 0 Å². The lowest BCUT2D eigenvalue weighted by Crippen LogP contribution is -2.36. The summed E-state index contributed by atoms with van der Waals surface area (Å²) in [5.74, 6) is -0.342. The molecule has 0 aromatic rings. The van der Waals surface area contributed by atoms with Gasteiger partial charge in [0.05, 0.1) is 18.6 Å². The molecule has 0 spiro atoms. The van der Waals surface area contributed by atoms with Gasteiger partial charge in [0.15, 0.2) is 0 Å². The number of ether oxygens (including phenoxy) is 1. The average Bonchev–Trinajstić information content (AvgIpc) is 2.71. The molecule has 1 heterocycles. The first-order chi connectivity index (χ1) is 8.95. The molecule has 2 unspecified atom stereocenters. The number of nitrogens with zero attached hydrogens (tertiary/aromatic N) is 1. The van der Waals surface area contributed by atoms with Crippen LogP contribution in [0.2, 0.25) is 0 Å². The third kappa shape index (κ3) is 4.80. The van der Waals surface area contributed by atoms with Crippen molar-refractivity contribution in [2.45, 2.75) is 38.8 Å². The molecule has 1 aliphatic heterocycles. The maximum Gasteiger partial charge on any atom is 0.225 e. The highest BCUT2D eigenvalue weighted by Crippen LogP contribution is 2.20. The van der Waals surface area contributed by atoms with Crippen molar-refractivity contribution in [3.8, 4) is 0 Å². The number of rotatable bonds is 7. The Morgan fingerprint density at radius 2 is 2.26 bits per heavy atom. The number of amides is 2. The van der Waals surface area contributed by atoms with E-state index in [1.54, 1.807) is 4.90 Å². The van der Waals surface area contributed by atoms with Gasteiger partial charge in [-0.3, -0.25) is 9.59 Å². The maximum absolute atomic E-state index is 11.9. The van der Waals surface area contributed by atoms with Crippen LogP contribution in [0.3, 0.4) is 0 Å². The smallest absolute Gasteiger partial charge is 0.225 e. The Hall–Kier alpha value is -1.14. The zero-order chi connectivity index (χ0) is 14.4. The Balaban J connectivity index is 2.29. The Kier molecular flexibility index (Phi) is 6.24. The van der Waals surface area contributed by atoms with Crippen LogP contribution in [0.1, 0.15) is 26.7 Å². The average molecular weight is 272 g/mol. The monoisotopic (exact) mass is 272 g/mol. The summed E-state index contributed by atoms with van der Waals surface area (Å²) in [6.07, 6.45) is 0.168. The lowest BCUT2D eigenvalue weighted by Gasteiger charge is -2.20. The topological polar surface area (TPSA) is 78.9 Å². The van der Waals surface area contributed by atoms with E-state index in [2.05, 4.69) is 5.32 Å². The van der Waals surface area contributed by atoms with Crippen LogP contribution in [-0.4, -0.2) is 60.8 Å². The molecule has 6 heteroatoms. The number of nitrogens with one attached hydrogen (secondary N) is 1. The van der Waals surface area contributed by atoms with E-state index < -0.39 is 6.10 Å². The molecular weight excluding hydrogens is 248 g/mol. The predicted molar refractivity (Wildman–Crippen MR) is 70.5 cm³/mol. The summed E-state index contributed by atoms with van der Waals surface area (Å²) in [5.41, 5.74) is 0. The van der Waals surface area contributed by atoms with E-state index in [1.807, 2.05) is 13.8 Å². The van der Waals surface area contributed by atoms with Gasteiger partial charge in [-0.05, 0) is 20.3 Å². The zero-order valence-corrected chi connectivity index (χ0v) is 11.9. The summed E-state index contributed by atoms with van der Waals surface area (Å²) in [4.78, 5) is 25.3. The van der Waals surface area contributed by atoms with Gasteiger partial charge in [-0.1, -0.05) is 0 Å². The zero-order valence-electron chi connectivity index (χ0n) is 11.9. The summed E-state index contributed by atoms with van der Waals surface area (Å²) in [6, 6.07) is 0.133. The second kappa shape index (κ2) is 7.45. The number of aliphatic hydroxyl groups is 1. The molecule has 19 heavy (non-hydrogen) atoms. The molecule has 2 amide bonds. The molecule has 1 rings (SSSR count). The van der Waals surface area contributed by atoms with Gasteiger partial charge >= 0.3 is 0 Å². The molecule has 0 saturated carbocycles. The standard InChI is InChI=1S/C13H24N2O4/c1-9(2)15-7-10(6-12(15)17)13(18)14-5-4-11(16)8-19-3/h9-11,16H,4-8H2,1-3H3,(H,14,18). The van der Waals surface area contributed by atoms with Crippen molar-refractivity contribution in [2.24, 2.45) is 5.92 Å². The molecule has 1 aliphatic rings. The molecule has 1 saturated heterocycles. The van der Waals surface area contributed by atoms with E-state index >= 15 is 0 Å². The number of likely N-dealkylation sites (tertiary alicyclic amines) is 1. The van der Waals surface area contributed by atoms with E-state index in [0.717, 1.165) is 0 Å². The highest BCUT2D eigenvalue weighted by Gasteiger charge is 2.35. The molecule has 1 fully saturated rings.